The zero-order chi connectivity index (χ0) is 18.5. The van der Waals surface area contributed by atoms with Crippen molar-refractivity contribution in [1.29, 1.82) is 0 Å². The molecule has 144 valence electrons. The number of unbranched alkanes of at least 4 members (excludes halogenated alkanes) is 8. The molecule has 0 amide bonds. The SMILES string of the molecule is CCCCCCCC(=O)OCC.CCCCCCCC(=O)OCC. The highest BCUT2D eigenvalue weighted by Gasteiger charge is 2.00. The summed E-state index contributed by atoms with van der Waals surface area (Å²) in [5.74, 6) is -0.0944. The predicted octanol–water partition coefficient (Wildman–Crippen LogP) is 5.82. The van der Waals surface area contributed by atoms with Crippen LogP contribution < -0.4 is 0 Å². The van der Waals surface area contributed by atoms with Crippen LogP contribution in [0, 0.1) is 0 Å². The molecule has 4 nitrogen and oxygen atoms in total. The Labute approximate surface area is 149 Å². The van der Waals surface area contributed by atoms with Crippen molar-refractivity contribution in [2.24, 2.45) is 0 Å². The number of rotatable bonds is 14. The van der Waals surface area contributed by atoms with Gasteiger partial charge in [-0.15, -0.1) is 0 Å². The van der Waals surface area contributed by atoms with Gasteiger partial charge in [-0.05, 0) is 26.7 Å². The van der Waals surface area contributed by atoms with E-state index in [0.29, 0.717) is 26.1 Å². The average Bonchev–Trinajstić information content (AvgIpc) is 2.56. The van der Waals surface area contributed by atoms with E-state index in [0.717, 1.165) is 25.7 Å². The number of hydrogen-bond donors (Lipinski definition) is 0. The molecule has 0 saturated carbocycles. The van der Waals surface area contributed by atoms with Gasteiger partial charge in [-0.1, -0.05) is 65.2 Å². The van der Waals surface area contributed by atoms with Crippen LogP contribution >= 0.6 is 0 Å². The second-order valence-electron chi connectivity index (χ2n) is 5.94. The lowest BCUT2D eigenvalue weighted by molar-refractivity contribution is -0.144. The molecule has 0 heterocycles. The van der Waals surface area contributed by atoms with Gasteiger partial charge in [0.15, 0.2) is 0 Å². The Balaban J connectivity index is 0. The van der Waals surface area contributed by atoms with Crippen LogP contribution in [-0.2, 0) is 19.1 Å². The minimum Gasteiger partial charge on any atom is -0.466 e. The second-order valence-corrected chi connectivity index (χ2v) is 5.94. The molecule has 0 radical (unpaired) electrons. The molecule has 0 aliphatic rings. The quantitative estimate of drug-likeness (QED) is 0.294. The van der Waals surface area contributed by atoms with Gasteiger partial charge in [-0.25, -0.2) is 0 Å². The molecule has 0 aromatic heterocycles. The zero-order valence-corrected chi connectivity index (χ0v) is 16.5. The van der Waals surface area contributed by atoms with Crippen LogP contribution in [0.25, 0.3) is 0 Å². The topological polar surface area (TPSA) is 52.6 Å². The summed E-state index contributed by atoms with van der Waals surface area (Å²) in [7, 11) is 0. The Morgan fingerprint density at radius 2 is 0.875 bits per heavy atom. The number of hydrogen-bond acceptors (Lipinski definition) is 4. The van der Waals surface area contributed by atoms with Gasteiger partial charge in [-0.2, -0.15) is 0 Å². The summed E-state index contributed by atoms with van der Waals surface area (Å²) in [6.07, 6.45) is 13.0. The van der Waals surface area contributed by atoms with Crippen molar-refractivity contribution in [2.45, 2.75) is 105 Å². The molecule has 4 heteroatoms. The van der Waals surface area contributed by atoms with Gasteiger partial charge in [0.25, 0.3) is 0 Å². The van der Waals surface area contributed by atoms with Gasteiger partial charge in [-0.3, -0.25) is 9.59 Å². The van der Waals surface area contributed by atoms with Crippen molar-refractivity contribution in [1.82, 2.24) is 0 Å². The summed E-state index contributed by atoms with van der Waals surface area (Å²) in [6, 6.07) is 0. The monoisotopic (exact) mass is 344 g/mol. The first-order chi connectivity index (χ1) is 11.6. The first kappa shape index (κ1) is 25.2. The number of ether oxygens (including phenoxy) is 2. The van der Waals surface area contributed by atoms with E-state index in [1.165, 1.54) is 38.5 Å². The largest absolute Gasteiger partial charge is 0.466 e. The van der Waals surface area contributed by atoms with Crippen molar-refractivity contribution in [3.05, 3.63) is 0 Å². The smallest absolute Gasteiger partial charge is 0.305 e. The van der Waals surface area contributed by atoms with Crippen LogP contribution in [0.3, 0.4) is 0 Å². The van der Waals surface area contributed by atoms with Gasteiger partial charge in [0.2, 0.25) is 0 Å². The Morgan fingerprint density at radius 3 is 1.17 bits per heavy atom. The molecule has 0 N–H and O–H groups in total. The lowest BCUT2D eigenvalue weighted by Crippen LogP contribution is -2.02. The van der Waals surface area contributed by atoms with Gasteiger partial charge in [0.05, 0.1) is 13.2 Å². The summed E-state index contributed by atoms with van der Waals surface area (Å²) in [5, 5.41) is 0. The van der Waals surface area contributed by atoms with Crippen molar-refractivity contribution >= 4 is 11.9 Å². The maximum atomic E-state index is 10.9. The Morgan fingerprint density at radius 1 is 0.542 bits per heavy atom. The average molecular weight is 345 g/mol. The van der Waals surface area contributed by atoms with Crippen LogP contribution in [0.2, 0.25) is 0 Å². The zero-order valence-electron chi connectivity index (χ0n) is 16.5. The maximum absolute atomic E-state index is 10.9. The molecule has 0 atom stereocenters. The molecule has 0 aliphatic carbocycles. The van der Waals surface area contributed by atoms with E-state index in [1.807, 2.05) is 13.8 Å². The normalized spacial score (nSPS) is 9.83. The predicted molar refractivity (Wildman–Crippen MR) is 100 cm³/mol. The fourth-order valence-corrected chi connectivity index (χ4v) is 2.21. The molecular formula is C20H40O4. The van der Waals surface area contributed by atoms with Crippen LogP contribution in [0.15, 0.2) is 0 Å². The van der Waals surface area contributed by atoms with E-state index in [4.69, 9.17) is 9.47 Å². The van der Waals surface area contributed by atoms with Crippen molar-refractivity contribution in [3.8, 4) is 0 Å². The molecule has 0 fully saturated rings. The Kier molecular flexibility index (Phi) is 23.0. The number of esters is 2. The fourth-order valence-electron chi connectivity index (χ4n) is 2.21. The third kappa shape index (κ3) is 23.2. The van der Waals surface area contributed by atoms with Gasteiger partial charge in [0.1, 0.15) is 0 Å². The summed E-state index contributed by atoms with van der Waals surface area (Å²) in [6.45, 7) is 9.07. The summed E-state index contributed by atoms with van der Waals surface area (Å²) >= 11 is 0. The lowest BCUT2D eigenvalue weighted by Gasteiger charge is -2.00. The van der Waals surface area contributed by atoms with E-state index in [9.17, 15) is 9.59 Å². The number of carbonyl (C=O) groups excluding carboxylic acids is 2. The summed E-state index contributed by atoms with van der Waals surface area (Å²) < 4.78 is 9.62. The van der Waals surface area contributed by atoms with Crippen molar-refractivity contribution < 1.29 is 19.1 Å². The molecule has 0 spiro atoms. The number of carbonyl (C=O) groups is 2. The van der Waals surface area contributed by atoms with E-state index < -0.39 is 0 Å². The van der Waals surface area contributed by atoms with Gasteiger partial charge in [0, 0.05) is 12.8 Å². The first-order valence-corrected chi connectivity index (χ1v) is 9.93. The Bertz CT molecular complexity index is 249. The molecule has 0 saturated heterocycles. The van der Waals surface area contributed by atoms with Crippen molar-refractivity contribution in [3.63, 3.8) is 0 Å². The van der Waals surface area contributed by atoms with Crippen LogP contribution in [0.4, 0.5) is 0 Å². The molecule has 0 unspecified atom stereocenters. The van der Waals surface area contributed by atoms with Gasteiger partial charge < -0.3 is 9.47 Å². The van der Waals surface area contributed by atoms with E-state index in [2.05, 4.69) is 13.8 Å². The highest BCUT2D eigenvalue weighted by atomic mass is 16.5. The fraction of sp³-hybridized carbons (Fsp3) is 0.900. The standard InChI is InChI=1S/2C10H20O2/c2*1-3-5-6-7-8-9-10(11)12-4-2/h2*3-9H2,1-2H3. The highest BCUT2D eigenvalue weighted by molar-refractivity contribution is 5.69. The molecular weight excluding hydrogens is 304 g/mol. The minimum atomic E-state index is -0.0472. The summed E-state index contributed by atoms with van der Waals surface area (Å²) in [5.41, 5.74) is 0. The van der Waals surface area contributed by atoms with Gasteiger partial charge >= 0.3 is 11.9 Å². The van der Waals surface area contributed by atoms with E-state index in [-0.39, 0.29) is 11.9 Å². The lowest BCUT2D eigenvalue weighted by atomic mass is 10.1. The Hall–Kier alpha value is -1.06. The molecule has 0 aliphatic heterocycles. The van der Waals surface area contributed by atoms with E-state index in [1.54, 1.807) is 0 Å². The molecule has 24 heavy (non-hydrogen) atoms. The van der Waals surface area contributed by atoms with E-state index >= 15 is 0 Å². The third-order valence-corrected chi connectivity index (χ3v) is 3.58. The second kappa shape index (κ2) is 21.9. The molecule has 0 bridgehead atoms. The summed E-state index contributed by atoms with van der Waals surface area (Å²) in [4.78, 5) is 21.7. The maximum Gasteiger partial charge on any atom is 0.305 e. The molecule has 0 aromatic carbocycles. The van der Waals surface area contributed by atoms with Crippen LogP contribution in [0.1, 0.15) is 105 Å². The van der Waals surface area contributed by atoms with Crippen LogP contribution in [0.5, 0.6) is 0 Å². The third-order valence-electron chi connectivity index (χ3n) is 3.58. The highest BCUT2D eigenvalue weighted by Crippen LogP contribution is 2.06. The first-order valence-electron chi connectivity index (χ1n) is 9.93. The minimum absolute atomic E-state index is 0.0472. The van der Waals surface area contributed by atoms with Crippen LogP contribution in [-0.4, -0.2) is 25.2 Å². The molecule has 0 aromatic rings. The van der Waals surface area contributed by atoms with Crippen molar-refractivity contribution in [2.75, 3.05) is 13.2 Å². The molecule has 0 rings (SSSR count).